The van der Waals surface area contributed by atoms with Crippen molar-refractivity contribution < 1.29 is 28.2 Å². The lowest BCUT2D eigenvalue weighted by Gasteiger charge is -2.09. The molecule has 2 rings (SSSR count). The number of rotatable bonds is 6. The van der Waals surface area contributed by atoms with Gasteiger partial charge in [-0.2, -0.15) is 0 Å². The van der Waals surface area contributed by atoms with E-state index in [9.17, 15) is 23.1 Å². The van der Waals surface area contributed by atoms with Crippen LogP contribution in [0.1, 0.15) is 11.1 Å². The Labute approximate surface area is 144 Å². The van der Waals surface area contributed by atoms with E-state index in [1.807, 2.05) is 6.92 Å². The van der Waals surface area contributed by atoms with E-state index in [1.54, 1.807) is 12.1 Å². The van der Waals surface area contributed by atoms with Crippen LogP contribution in [-0.2, 0) is 19.6 Å². The molecule has 0 spiro atoms. The first-order valence-corrected chi connectivity index (χ1v) is 8.55. The molecule has 0 aromatic heterocycles. The molecule has 0 unspecified atom stereocenters. The number of aliphatic hydroxyl groups excluding tert-OH is 1. The van der Waals surface area contributed by atoms with Crippen molar-refractivity contribution in [1.29, 1.82) is 0 Å². The number of nitrogens with one attached hydrogen (secondary N) is 1. The molecule has 2 aromatic carbocycles. The topological polar surface area (TPSA) is 121 Å². The standard InChI is InChI=1S/C17H15NO6S/c1-11-2-8-14(9-3-11)25(23,24)18-13-6-4-12(5-7-13)15(19)10-16(20)17(21)22/h2-10,18-19H,1H3,(H,21,22)/b15-10-. The molecule has 0 amide bonds. The molecule has 0 aliphatic heterocycles. The first kappa shape index (κ1) is 18.2. The molecule has 0 saturated carbocycles. The summed E-state index contributed by atoms with van der Waals surface area (Å²) >= 11 is 0. The molecule has 2 aromatic rings. The van der Waals surface area contributed by atoms with Gasteiger partial charge in [0.15, 0.2) is 0 Å². The van der Waals surface area contributed by atoms with Crippen molar-refractivity contribution in [2.24, 2.45) is 0 Å². The van der Waals surface area contributed by atoms with E-state index in [1.165, 1.54) is 36.4 Å². The second kappa shape index (κ2) is 7.18. The molecule has 3 N–H and O–H groups in total. The average molecular weight is 361 g/mol. The normalized spacial score (nSPS) is 11.8. The van der Waals surface area contributed by atoms with Crippen LogP contribution in [0.2, 0.25) is 0 Å². The Morgan fingerprint density at radius 2 is 1.52 bits per heavy atom. The zero-order valence-corrected chi connectivity index (χ0v) is 13.9. The van der Waals surface area contributed by atoms with Gasteiger partial charge in [0, 0.05) is 17.3 Å². The molecule has 25 heavy (non-hydrogen) atoms. The lowest BCUT2D eigenvalue weighted by Crippen LogP contribution is -2.12. The van der Waals surface area contributed by atoms with Gasteiger partial charge in [-0.15, -0.1) is 0 Å². The van der Waals surface area contributed by atoms with Gasteiger partial charge >= 0.3 is 5.97 Å². The highest BCUT2D eigenvalue weighted by atomic mass is 32.2. The summed E-state index contributed by atoms with van der Waals surface area (Å²) < 4.78 is 26.9. The van der Waals surface area contributed by atoms with E-state index >= 15 is 0 Å². The van der Waals surface area contributed by atoms with Gasteiger partial charge in [-0.25, -0.2) is 13.2 Å². The number of aliphatic hydroxyl groups is 1. The van der Waals surface area contributed by atoms with Crippen molar-refractivity contribution in [2.75, 3.05) is 4.72 Å². The molecule has 7 nitrogen and oxygen atoms in total. The highest BCUT2D eigenvalue weighted by Crippen LogP contribution is 2.19. The van der Waals surface area contributed by atoms with Crippen LogP contribution in [0.4, 0.5) is 5.69 Å². The molecular formula is C17H15NO6S. The summed E-state index contributed by atoms with van der Waals surface area (Å²) in [4.78, 5) is 21.6. The number of anilines is 1. The smallest absolute Gasteiger partial charge is 0.376 e. The van der Waals surface area contributed by atoms with Gasteiger partial charge in [0.2, 0.25) is 0 Å². The van der Waals surface area contributed by atoms with Gasteiger partial charge in [0.25, 0.3) is 15.8 Å². The minimum absolute atomic E-state index is 0.108. The molecule has 0 aliphatic carbocycles. The Balaban J connectivity index is 2.19. The Hall–Kier alpha value is -3.13. The van der Waals surface area contributed by atoms with Gasteiger partial charge in [-0.05, 0) is 43.3 Å². The maximum atomic E-state index is 12.3. The predicted molar refractivity (Wildman–Crippen MR) is 91.7 cm³/mol. The van der Waals surface area contributed by atoms with E-state index < -0.39 is 27.5 Å². The van der Waals surface area contributed by atoms with Crippen molar-refractivity contribution in [3.05, 3.63) is 65.7 Å². The summed E-state index contributed by atoms with van der Waals surface area (Å²) in [5, 5.41) is 18.2. The van der Waals surface area contributed by atoms with Gasteiger partial charge in [-0.1, -0.05) is 17.7 Å². The van der Waals surface area contributed by atoms with E-state index in [4.69, 9.17) is 5.11 Å². The zero-order chi connectivity index (χ0) is 18.6. The van der Waals surface area contributed by atoms with Crippen LogP contribution in [0.25, 0.3) is 5.76 Å². The molecule has 0 bridgehead atoms. The largest absolute Gasteiger partial charge is 0.507 e. The summed E-state index contributed by atoms with van der Waals surface area (Å²) in [7, 11) is -3.75. The highest BCUT2D eigenvalue weighted by Gasteiger charge is 2.14. The number of benzene rings is 2. The summed E-state index contributed by atoms with van der Waals surface area (Å²) in [6.07, 6.45) is 0.577. The van der Waals surface area contributed by atoms with Crippen LogP contribution in [-0.4, -0.2) is 30.4 Å². The maximum Gasteiger partial charge on any atom is 0.376 e. The van der Waals surface area contributed by atoms with Crippen LogP contribution < -0.4 is 4.72 Å². The number of ketones is 1. The summed E-state index contributed by atoms with van der Waals surface area (Å²) in [6.45, 7) is 1.84. The first-order valence-electron chi connectivity index (χ1n) is 7.07. The number of aryl methyl sites for hydroxylation is 1. The SMILES string of the molecule is Cc1ccc(S(=O)(=O)Nc2ccc(/C(O)=C/C(=O)C(=O)O)cc2)cc1. The molecule has 130 valence electrons. The Morgan fingerprint density at radius 1 is 0.960 bits per heavy atom. The number of hydrogen-bond donors (Lipinski definition) is 3. The van der Waals surface area contributed by atoms with E-state index in [0.717, 1.165) is 5.56 Å². The minimum atomic E-state index is -3.75. The van der Waals surface area contributed by atoms with E-state index in [-0.39, 0.29) is 16.1 Å². The quantitative estimate of drug-likeness (QED) is 0.413. The van der Waals surface area contributed by atoms with Crippen molar-refractivity contribution >= 4 is 33.2 Å². The average Bonchev–Trinajstić information content (AvgIpc) is 2.55. The second-order valence-corrected chi connectivity index (χ2v) is 6.88. The lowest BCUT2D eigenvalue weighted by atomic mass is 10.1. The Kier molecular flexibility index (Phi) is 5.23. The molecule has 0 fully saturated rings. The third-order valence-corrected chi connectivity index (χ3v) is 4.64. The van der Waals surface area contributed by atoms with Crippen LogP contribution in [0.3, 0.4) is 0 Å². The van der Waals surface area contributed by atoms with Gasteiger partial charge < -0.3 is 10.2 Å². The third-order valence-electron chi connectivity index (χ3n) is 3.24. The van der Waals surface area contributed by atoms with Crippen molar-refractivity contribution in [2.45, 2.75) is 11.8 Å². The molecule has 0 saturated heterocycles. The summed E-state index contributed by atoms with van der Waals surface area (Å²) in [6, 6.07) is 11.8. The number of sulfonamides is 1. The second-order valence-electron chi connectivity index (χ2n) is 5.19. The third kappa shape index (κ3) is 4.67. The first-order chi connectivity index (χ1) is 11.7. The number of carbonyl (C=O) groups excluding carboxylic acids is 1. The van der Waals surface area contributed by atoms with Crippen LogP contribution >= 0.6 is 0 Å². The summed E-state index contributed by atoms with van der Waals surface area (Å²) in [5.41, 5.74) is 1.36. The molecular weight excluding hydrogens is 346 g/mol. The van der Waals surface area contributed by atoms with Crippen LogP contribution in [0.15, 0.2) is 59.5 Å². The molecule has 0 aliphatic rings. The fourth-order valence-corrected chi connectivity index (χ4v) is 2.97. The van der Waals surface area contributed by atoms with Gasteiger partial charge in [0.1, 0.15) is 5.76 Å². The van der Waals surface area contributed by atoms with Crippen molar-refractivity contribution in [3.63, 3.8) is 0 Å². The van der Waals surface area contributed by atoms with E-state index in [0.29, 0.717) is 6.08 Å². The maximum absolute atomic E-state index is 12.3. The van der Waals surface area contributed by atoms with Crippen LogP contribution in [0.5, 0.6) is 0 Å². The minimum Gasteiger partial charge on any atom is -0.507 e. The molecule has 8 heteroatoms. The molecule has 0 atom stereocenters. The lowest BCUT2D eigenvalue weighted by molar-refractivity contribution is -0.146. The van der Waals surface area contributed by atoms with Crippen molar-refractivity contribution in [1.82, 2.24) is 0 Å². The number of hydrogen-bond acceptors (Lipinski definition) is 5. The fourth-order valence-electron chi connectivity index (χ4n) is 1.91. The van der Waals surface area contributed by atoms with Gasteiger partial charge in [-0.3, -0.25) is 9.52 Å². The van der Waals surface area contributed by atoms with Crippen LogP contribution in [0, 0.1) is 6.92 Å². The number of aliphatic carboxylic acids is 1. The zero-order valence-electron chi connectivity index (χ0n) is 13.1. The molecule has 0 heterocycles. The Morgan fingerprint density at radius 3 is 2.04 bits per heavy atom. The number of carboxylic acid groups (broad SMARTS) is 1. The molecule has 0 radical (unpaired) electrons. The fraction of sp³-hybridized carbons (Fsp3) is 0.0588. The summed E-state index contributed by atoms with van der Waals surface area (Å²) in [5.74, 6) is -3.48. The highest BCUT2D eigenvalue weighted by molar-refractivity contribution is 7.92. The predicted octanol–water partition coefficient (Wildman–Crippen LogP) is 2.35. The number of carbonyl (C=O) groups is 2. The number of carboxylic acids is 1. The van der Waals surface area contributed by atoms with E-state index in [2.05, 4.69) is 4.72 Å². The Bertz CT molecular complexity index is 928. The van der Waals surface area contributed by atoms with Crippen molar-refractivity contribution in [3.8, 4) is 0 Å². The monoisotopic (exact) mass is 361 g/mol. The van der Waals surface area contributed by atoms with Gasteiger partial charge in [0.05, 0.1) is 4.90 Å².